The minimum Gasteiger partial charge on any atom is -0.493 e. The number of ether oxygens (including phenoxy) is 2. The fourth-order valence-electron chi connectivity index (χ4n) is 2.93. The zero-order valence-corrected chi connectivity index (χ0v) is 15.1. The van der Waals surface area contributed by atoms with Crippen LogP contribution in [0.3, 0.4) is 0 Å². The van der Waals surface area contributed by atoms with Gasteiger partial charge in [0.15, 0.2) is 23.0 Å². The van der Waals surface area contributed by atoms with Gasteiger partial charge in [-0.2, -0.15) is 0 Å². The number of rotatable bonds is 7. The van der Waals surface area contributed by atoms with Crippen molar-refractivity contribution >= 4 is 11.6 Å². The normalized spacial score (nSPS) is 12.0. The summed E-state index contributed by atoms with van der Waals surface area (Å²) in [7, 11) is 3.19. The van der Waals surface area contributed by atoms with Crippen molar-refractivity contribution in [3.8, 4) is 11.5 Å². The molecule has 0 radical (unpaired) electrons. The maximum atomic E-state index is 12.4. The maximum Gasteiger partial charge on any atom is 0.220 e. The highest BCUT2D eigenvalue weighted by molar-refractivity contribution is 5.76. The zero-order chi connectivity index (χ0) is 18.5. The van der Waals surface area contributed by atoms with Crippen LogP contribution in [0.5, 0.6) is 11.5 Å². The molecular formula is C19H22N4O3. The number of nitrogens with zero attached hydrogens (tertiary/aromatic N) is 3. The van der Waals surface area contributed by atoms with Gasteiger partial charge in [0.1, 0.15) is 0 Å². The number of methoxy groups -OCH3 is 2. The molecule has 0 spiro atoms. The summed E-state index contributed by atoms with van der Waals surface area (Å²) in [5.74, 6) is 1.97. The van der Waals surface area contributed by atoms with Crippen molar-refractivity contribution in [2.24, 2.45) is 0 Å². The lowest BCUT2D eigenvalue weighted by Gasteiger charge is -2.14. The van der Waals surface area contributed by atoms with E-state index in [0.717, 1.165) is 11.2 Å². The van der Waals surface area contributed by atoms with E-state index in [-0.39, 0.29) is 11.9 Å². The molecule has 136 valence electrons. The third kappa shape index (κ3) is 3.61. The highest BCUT2D eigenvalue weighted by atomic mass is 16.5. The Hall–Kier alpha value is -3.09. The number of carbonyl (C=O) groups excluding carboxylic acids is 1. The highest BCUT2D eigenvalue weighted by Crippen LogP contribution is 2.31. The van der Waals surface area contributed by atoms with E-state index in [1.165, 1.54) is 0 Å². The standard InChI is InChI=1S/C19H22N4O3/c1-13(19-22-21-16-9-4-5-12-23(16)19)20-17(24)11-10-14-7-6-8-15(25-2)18(14)26-3/h4-9,12-13H,10-11H2,1-3H3,(H,20,24)/t13-/m1/s1. The molecule has 0 saturated carbocycles. The molecule has 26 heavy (non-hydrogen) atoms. The van der Waals surface area contributed by atoms with Gasteiger partial charge in [0, 0.05) is 12.6 Å². The van der Waals surface area contributed by atoms with E-state index in [4.69, 9.17) is 9.47 Å². The molecule has 1 atom stereocenters. The van der Waals surface area contributed by atoms with E-state index in [0.29, 0.717) is 30.2 Å². The first-order valence-electron chi connectivity index (χ1n) is 8.43. The van der Waals surface area contributed by atoms with E-state index >= 15 is 0 Å². The summed E-state index contributed by atoms with van der Waals surface area (Å²) in [6, 6.07) is 11.1. The van der Waals surface area contributed by atoms with Gasteiger partial charge in [-0.15, -0.1) is 10.2 Å². The van der Waals surface area contributed by atoms with Crippen LogP contribution in [0, 0.1) is 0 Å². The Bertz CT molecular complexity index is 907. The lowest BCUT2D eigenvalue weighted by atomic mass is 10.1. The maximum absolute atomic E-state index is 12.4. The van der Waals surface area contributed by atoms with Crippen molar-refractivity contribution in [3.63, 3.8) is 0 Å². The third-order valence-electron chi connectivity index (χ3n) is 4.21. The second-order valence-electron chi connectivity index (χ2n) is 5.93. The van der Waals surface area contributed by atoms with Gasteiger partial charge in [0.25, 0.3) is 0 Å². The van der Waals surface area contributed by atoms with Crippen LogP contribution in [-0.2, 0) is 11.2 Å². The Morgan fingerprint density at radius 3 is 2.77 bits per heavy atom. The largest absolute Gasteiger partial charge is 0.493 e. The summed E-state index contributed by atoms with van der Waals surface area (Å²) in [5, 5.41) is 11.3. The van der Waals surface area contributed by atoms with Crippen LogP contribution in [0.15, 0.2) is 42.6 Å². The minimum atomic E-state index is -0.243. The van der Waals surface area contributed by atoms with E-state index in [1.54, 1.807) is 14.2 Å². The lowest BCUT2D eigenvalue weighted by Crippen LogP contribution is -2.28. The quantitative estimate of drug-likeness (QED) is 0.705. The molecular weight excluding hydrogens is 332 g/mol. The smallest absolute Gasteiger partial charge is 0.220 e. The highest BCUT2D eigenvalue weighted by Gasteiger charge is 2.16. The van der Waals surface area contributed by atoms with E-state index in [9.17, 15) is 4.79 Å². The molecule has 0 aliphatic heterocycles. The predicted octanol–water partition coefficient (Wildman–Crippen LogP) is 2.56. The first-order valence-corrected chi connectivity index (χ1v) is 8.43. The molecule has 1 aromatic carbocycles. The summed E-state index contributed by atoms with van der Waals surface area (Å²) >= 11 is 0. The van der Waals surface area contributed by atoms with Crippen molar-refractivity contribution < 1.29 is 14.3 Å². The van der Waals surface area contributed by atoms with Gasteiger partial charge >= 0.3 is 0 Å². The average molecular weight is 354 g/mol. The first kappa shape index (κ1) is 17.7. The van der Waals surface area contributed by atoms with Crippen LogP contribution in [0.2, 0.25) is 0 Å². The van der Waals surface area contributed by atoms with Crippen molar-refractivity contribution in [1.29, 1.82) is 0 Å². The van der Waals surface area contributed by atoms with Gasteiger partial charge in [-0.3, -0.25) is 9.20 Å². The second kappa shape index (κ2) is 7.86. The number of hydrogen-bond donors (Lipinski definition) is 1. The van der Waals surface area contributed by atoms with Crippen LogP contribution >= 0.6 is 0 Å². The zero-order valence-electron chi connectivity index (χ0n) is 15.1. The topological polar surface area (TPSA) is 77.8 Å². The van der Waals surface area contributed by atoms with E-state index in [2.05, 4.69) is 15.5 Å². The molecule has 3 rings (SSSR count). The summed E-state index contributed by atoms with van der Waals surface area (Å²) < 4.78 is 12.6. The number of carbonyl (C=O) groups is 1. The van der Waals surface area contributed by atoms with Crippen molar-refractivity contribution in [1.82, 2.24) is 19.9 Å². The fourth-order valence-corrected chi connectivity index (χ4v) is 2.93. The molecule has 7 nitrogen and oxygen atoms in total. The van der Waals surface area contributed by atoms with Crippen LogP contribution < -0.4 is 14.8 Å². The number of hydrogen-bond acceptors (Lipinski definition) is 5. The second-order valence-corrected chi connectivity index (χ2v) is 5.93. The lowest BCUT2D eigenvalue weighted by molar-refractivity contribution is -0.121. The van der Waals surface area contributed by atoms with E-state index in [1.807, 2.05) is 53.9 Å². The molecule has 3 aromatic rings. The molecule has 1 amide bonds. The number of nitrogens with one attached hydrogen (secondary N) is 1. The molecule has 0 aliphatic carbocycles. The van der Waals surface area contributed by atoms with Gasteiger partial charge in [0.2, 0.25) is 5.91 Å². The van der Waals surface area contributed by atoms with E-state index < -0.39 is 0 Å². The predicted molar refractivity (Wildman–Crippen MR) is 97.4 cm³/mol. The molecule has 2 heterocycles. The average Bonchev–Trinajstić information content (AvgIpc) is 3.10. The molecule has 0 saturated heterocycles. The number of para-hydroxylation sites is 1. The Balaban J connectivity index is 1.64. The Morgan fingerprint density at radius 1 is 1.15 bits per heavy atom. The Morgan fingerprint density at radius 2 is 2.00 bits per heavy atom. The van der Waals surface area contributed by atoms with Crippen LogP contribution in [0.4, 0.5) is 0 Å². The molecule has 0 fully saturated rings. The SMILES string of the molecule is COc1cccc(CCC(=O)N[C@H](C)c2nnc3ccccn23)c1OC. The molecule has 0 unspecified atom stereocenters. The van der Waals surface area contributed by atoms with Crippen molar-refractivity contribution in [2.45, 2.75) is 25.8 Å². The Labute approximate surface area is 152 Å². The number of pyridine rings is 1. The van der Waals surface area contributed by atoms with Crippen LogP contribution in [0.25, 0.3) is 5.65 Å². The van der Waals surface area contributed by atoms with Crippen molar-refractivity contribution in [2.75, 3.05) is 14.2 Å². The Kier molecular flexibility index (Phi) is 5.36. The summed E-state index contributed by atoms with van der Waals surface area (Å²) in [4.78, 5) is 12.4. The molecule has 2 aromatic heterocycles. The molecule has 0 aliphatic rings. The van der Waals surface area contributed by atoms with Gasteiger partial charge in [-0.05, 0) is 37.1 Å². The number of aromatic nitrogens is 3. The molecule has 7 heteroatoms. The van der Waals surface area contributed by atoms with Crippen LogP contribution in [-0.4, -0.2) is 34.7 Å². The van der Waals surface area contributed by atoms with Gasteiger partial charge in [-0.1, -0.05) is 18.2 Å². The van der Waals surface area contributed by atoms with Gasteiger partial charge < -0.3 is 14.8 Å². The van der Waals surface area contributed by atoms with Crippen molar-refractivity contribution in [3.05, 3.63) is 54.0 Å². The molecule has 0 bridgehead atoms. The summed E-state index contributed by atoms with van der Waals surface area (Å²) in [6.07, 6.45) is 2.78. The number of benzene rings is 1. The monoisotopic (exact) mass is 354 g/mol. The number of aryl methyl sites for hydroxylation is 1. The number of fused-ring (bicyclic) bond motifs is 1. The van der Waals surface area contributed by atoms with Gasteiger partial charge in [-0.25, -0.2) is 0 Å². The summed E-state index contributed by atoms with van der Waals surface area (Å²) in [5.41, 5.74) is 1.69. The minimum absolute atomic E-state index is 0.0601. The molecule has 1 N–H and O–H groups in total. The number of amides is 1. The van der Waals surface area contributed by atoms with Gasteiger partial charge in [0.05, 0.1) is 20.3 Å². The third-order valence-corrected chi connectivity index (χ3v) is 4.21. The fraction of sp³-hybridized carbons (Fsp3) is 0.316. The summed E-state index contributed by atoms with van der Waals surface area (Å²) in [6.45, 7) is 1.90. The van der Waals surface area contributed by atoms with Crippen LogP contribution in [0.1, 0.15) is 30.8 Å². The first-order chi connectivity index (χ1) is 12.6.